The van der Waals surface area contributed by atoms with Gasteiger partial charge in [0.1, 0.15) is 5.75 Å². The first-order valence-electron chi connectivity index (χ1n) is 5.71. The number of hydrogen-bond donors (Lipinski definition) is 0. The van der Waals surface area contributed by atoms with Gasteiger partial charge in [-0.1, -0.05) is 18.2 Å². The van der Waals surface area contributed by atoms with E-state index in [-0.39, 0.29) is 12.0 Å². The largest absolute Gasteiger partial charge is 0.415 e. The summed E-state index contributed by atoms with van der Waals surface area (Å²) in [5.41, 5.74) is 0. The van der Waals surface area contributed by atoms with Crippen LogP contribution in [0.4, 0.5) is 4.79 Å². The number of ether oxygens (including phenoxy) is 1. The van der Waals surface area contributed by atoms with Crippen LogP contribution in [0.15, 0.2) is 30.3 Å². The number of amides is 1. The Morgan fingerprint density at radius 1 is 1.29 bits per heavy atom. The topological polar surface area (TPSA) is 53.3 Å². The standard InChI is InChI=1S/C13H14N2O2/c14-10-11-6-8-15(9-7-11)13(16)17-12-4-2-1-3-5-12/h1-5,11H,6-9H2. The Labute approximate surface area is 100 Å². The summed E-state index contributed by atoms with van der Waals surface area (Å²) in [4.78, 5) is 13.4. The SMILES string of the molecule is N#CC1CCN(C(=O)Oc2ccccc2)CC1. The minimum atomic E-state index is -0.326. The Bertz CT molecular complexity index is 417. The second-order valence-electron chi connectivity index (χ2n) is 4.07. The molecule has 1 amide bonds. The average Bonchev–Trinajstić information content (AvgIpc) is 2.40. The molecule has 1 fully saturated rings. The second-order valence-corrected chi connectivity index (χ2v) is 4.07. The summed E-state index contributed by atoms with van der Waals surface area (Å²) in [7, 11) is 0. The summed E-state index contributed by atoms with van der Waals surface area (Å²) >= 11 is 0. The van der Waals surface area contributed by atoms with Gasteiger partial charge in [0.05, 0.1) is 6.07 Å². The fourth-order valence-corrected chi connectivity index (χ4v) is 1.85. The summed E-state index contributed by atoms with van der Waals surface area (Å²) in [6.07, 6.45) is 1.15. The van der Waals surface area contributed by atoms with Gasteiger partial charge in [-0.3, -0.25) is 0 Å². The van der Waals surface area contributed by atoms with Crippen molar-refractivity contribution >= 4 is 6.09 Å². The molecule has 1 aromatic rings. The van der Waals surface area contributed by atoms with Gasteiger partial charge in [0.15, 0.2) is 0 Å². The van der Waals surface area contributed by atoms with E-state index in [0.29, 0.717) is 18.8 Å². The van der Waals surface area contributed by atoms with Crippen LogP contribution in [0.3, 0.4) is 0 Å². The molecule has 0 atom stereocenters. The number of piperidine rings is 1. The molecule has 88 valence electrons. The number of nitrogens with zero attached hydrogens (tertiary/aromatic N) is 2. The molecule has 1 saturated heterocycles. The normalized spacial score (nSPS) is 16.3. The van der Waals surface area contributed by atoms with Crippen LogP contribution < -0.4 is 4.74 Å². The lowest BCUT2D eigenvalue weighted by molar-refractivity contribution is 0.137. The van der Waals surface area contributed by atoms with Crippen molar-refractivity contribution < 1.29 is 9.53 Å². The van der Waals surface area contributed by atoms with Crippen LogP contribution in [0.5, 0.6) is 5.75 Å². The second kappa shape index (κ2) is 5.35. The van der Waals surface area contributed by atoms with Gasteiger partial charge in [-0.05, 0) is 25.0 Å². The molecule has 0 bridgehead atoms. The van der Waals surface area contributed by atoms with E-state index in [9.17, 15) is 4.79 Å². The van der Waals surface area contributed by atoms with Crippen LogP contribution in [0, 0.1) is 17.2 Å². The Morgan fingerprint density at radius 2 is 1.94 bits per heavy atom. The molecule has 2 rings (SSSR count). The molecule has 0 saturated carbocycles. The minimum absolute atomic E-state index is 0.0794. The molecule has 0 radical (unpaired) electrons. The van der Waals surface area contributed by atoms with E-state index in [2.05, 4.69) is 6.07 Å². The van der Waals surface area contributed by atoms with E-state index in [1.165, 1.54) is 0 Å². The maximum atomic E-state index is 11.8. The predicted octanol–water partition coefficient (Wildman–Crippen LogP) is 2.42. The van der Waals surface area contributed by atoms with Crippen LogP contribution in [0.1, 0.15) is 12.8 Å². The molecule has 4 nitrogen and oxygen atoms in total. The molecule has 4 heteroatoms. The van der Waals surface area contributed by atoms with Gasteiger partial charge < -0.3 is 9.64 Å². The average molecular weight is 230 g/mol. The molecule has 0 aromatic heterocycles. The van der Waals surface area contributed by atoms with Crippen molar-refractivity contribution in [2.45, 2.75) is 12.8 Å². The van der Waals surface area contributed by atoms with Crippen molar-refractivity contribution in [2.75, 3.05) is 13.1 Å². The van der Waals surface area contributed by atoms with Crippen LogP contribution in [-0.2, 0) is 0 Å². The van der Waals surface area contributed by atoms with Crippen LogP contribution in [0.25, 0.3) is 0 Å². The number of rotatable bonds is 1. The monoisotopic (exact) mass is 230 g/mol. The van der Waals surface area contributed by atoms with E-state index in [1.807, 2.05) is 18.2 Å². The number of carbonyl (C=O) groups excluding carboxylic acids is 1. The zero-order valence-corrected chi connectivity index (χ0v) is 9.50. The molecule has 0 N–H and O–H groups in total. The summed E-state index contributed by atoms with van der Waals surface area (Å²) in [6.45, 7) is 1.20. The number of carbonyl (C=O) groups is 1. The van der Waals surface area contributed by atoms with Gasteiger partial charge >= 0.3 is 6.09 Å². The third-order valence-corrected chi connectivity index (χ3v) is 2.88. The minimum Gasteiger partial charge on any atom is -0.410 e. The zero-order valence-electron chi connectivity index (χ0n) is 9.50. The first-order chi connectivity index (χ1) is 8.29. The lowest BCUT2D eigenvalue weighted by atomic mass is 9.99. The summed E-state index contributed by atoms with van der Waals surface area (Å²) in [6, 6.07) is 11.3. The van der Waals surface area contributed by atoms with Crippen LogP contribution in [0.2, 0.25) is 0 Å². The molecular formula is C13H14N2O2. The quantitative estimate of drug-likeness (QED) is 0.744. The van der Waals surface area contributed by atoms with Gasteiger partial charge in [-0.2, -0.15) is 5.26 Å². The summed E-state index contributed by atoms with van der Waals surface area (Å²) in [5, 5.41) is 8.77. The van der Waals surface area contributed by atoms with Crippen molar-refractivity contribution in [1.29, 1.82) is 5.26 Å². The molecule has 1 aromatic carbocycles. The van der Waals surface area contributed by atoms with E-state index >= 15 is 0 Å². The summed E-state index contributed by atoms with van der Waals surface area (Å²) < 4.78 is 5.23. The first kappa shape index (κ1) is 11.5. The van der Waals surface area contributed by atoms with E-state index in [4.69, 9.17) is 10.00 Å². The van der Waals surface area contributed by atoms with E-state index in [0.717, 1.165) is 12.8 Å². The fraction of sp³-hybridized carbons (Fsp3) is 0.385. The molecule has 0 aliphatic carbocycles. The highest BCUT2D eigenvalue weighted by atomic mass is 16.6. The third kappa shape index (κ3) is 2.97. The van der Waals surface area contributed by atoms with Crippen LogP contribution >= 0.6 is 0 Å². The van der Waals surface area contributed by atoms with Crippen molar-refractivity contribution in [3.63, 3.8) is 0 Å². The molecular weight excluding hydrogens is 216 g/mol. The Balaban J connectivity index is 1.88. The maximum Gasteiger partial charge on any atom is 0.415 e. The third-order valence-electron chi connectivity index (χ3n) is 2.88. The zero-order chi connectivity index (χ0) is 12.1. The van der Waals surface area contributed by atoms with Gasteiger partial charge in [0, 0.05) is 19.0 Å². The Hall–Kier alpha value is -2.02. The Morgan fingerprint density at radius 3 is 2.53 bits per heavy atom. The number of para-hydroxylation sites is 1. The van der Waals surface area contributed by atoms with Gasteiger partial charge in [0.2, 0.25) is 0 Å². The highest BCUT2D eigenvalue weighted by Gasteiger charge is 2.23. The van der Waals surface area contributed by atoms with Crippen LogP contribution in [-0.4, -0.2) is 24.1 Å². The fourth-order valence-electron chi connectivity index (χ4n) is 1.85. The molecule has 1 heterocycles. The molecule has 0 spiro atoms. The highest BCUT2D eigenvalue weighted by molar-refractivity contribution is 5.70. The Kier molecular flexibility index (Phi) is 3.61. The number of likely N-dealkylation sites (tertiary alicyclic amines) is 1. The number of hydrogen-bond acceptors (Lipinski definition) is 3. The maximum absolute atomic E-state index is 11.8. The van der Waals surface area contributed by atoms with Crippen molar-refractivity contribution in [3.8, 4) is 11.8 Å². The van der Waals surface area contributed by atoms with Crippen molar-refractivity contribution in [1.82, 2.24) is 4.90 Å². The van der Waals surface area contributed by atoms with Gasteiger partial charge in [-0.15, -0.1) is 0 Å². The number of benzene rings is 1. The smallest absolute Gasteiger partial charge is 0.410 e. The molecule has 0 unspecified atom stereocenters. The molecule has 1 aliphatic heterocycles. The highest BCUT2D eigenvalue weighted by Crippen LogP contribution is 2.18. The molecule has 1 aliphatic rings. The number of nitriles is 1. The van der Waals surface area contributed by atoms with E-state index < -0.39 is 0 Å². The van der Waals surface area contributed by atoms with E-state index in [1.54, 1.807) is 17.0 Å². The van der Waals surface area contributed by atoms with Crippen molar-refractivity contribution in [2.24, 2.45) is 5.92 Å². The lowest BCUT2D eigenvalue weighted by Crippen LogP contribution is -2.39. The summed E-state index contributed by atoms with van der Waals surface area (Å²) in [5.74, 6) is 0.635. The first-order valence-corrected chi connectivity index (χ1v) is 5.71. The lowest BCUT2D eigenvalue weighted by Gasteiger charge is -2.28. The van der Waals surface area contributed by atoms with Crippen molar-refractivity contribution in [3.05, 3.63) is 30.3 Å². The predicted molar refractivity (Wildman–Crippen MR) is 62.4 cm³/mol. The van der Waals surface area contributed by atoms with Gasteiger partial charge in [-0.25, -0.2) is 4.79 Å². The molecule has 17 heavy (non-hydrogen) atoms. The van der Waals surface area contributed by atoms with Gasteiger partial charge in [0.25, 0.3) is 0 Å².